The second-order valence-electron chi connectivity index (χ2n) is 4.99. The lowest BCUT2D eigenvalue weighted by molar-refractivity contribution is -0.123. The zero-order valence-corrected chi connectivity index (χ0v) is 12.5. The summed E-state index contributed by atoms with van der Waals surface area (Å²) in [5, 5.41) is 2.42. The number of anilines is 1. The van der Waals surface area contributed by atoms with Crippen LogP contribution in [0, 0.1) is 6.92 Å². The Morgan fingerprint density at radius 2 is 1.86 bits per heavy atom. The number of para-hydroxylation sites is 1. The van der Waals surface area contributed by atoms with Gasteiger partial charge in [0, 0.05) is 38.9 Å². The van der Waals surface area contributed by atoms with Gasteiger partial charge in [0.15, 0.2) is 6.61 Å². The predicted octanol–water partition coefficient (Wildman–Crippen LogP) is 1.000. The molecule has 0 unspecified atom stereocenters. The number of ether oxygens (including phenoxy) is 1. The number of benzene rings is 1. The standard InChI is InChI=1S/C15H21N3O3/c1-12-5-3-4-6-13(12)17-7-9-18(10-8-17)15(20)21-11-14(19)16-2/h3-6H,7-11H2,1-2H3,(H,16,19). The third kappa shape index (κ3) is 3.87. The number of hydrogen-bond acceptors (Lipinski definition) is 4. The molecule has 6 heteroatoms. The van der Waals surface area contributed by atoms with Gasteiger partial charge in [0.05, 0.1) is 0 Å². The maximum Gasteiger partial charge on any atom is 0.410 e. The predicted molar refractivity (Wildman–Crippen MR) is 80.4 cm³/mol. The molecule has 1 saturated heterocycles. The molecular formula is C15H21N3O3. The summed E-state index contributed by atoms with van der Waals surface area (Å²) in [4.78, 5) is 26.8. The van der Waals surface area contributed by atoms with Gasteiger partial charge in [-0.05, 0) is 18.6 Å². The smallest absolute Gasteiger partial charge is 0.410 e. The SMILES string of the molecule is CNC(=O)COC(=O)N1CCN(c2ccccc2C)CC1. The summed E-state index contributed by atoms with van der Waals surface area (Å²) >= 11 is 0. The lowest BCUT2D eigenvalue weighted by atomic mass is 10.1. The van der Waals surface area contributed by atoms with E-state index in [1.54, 1.807) is 4.90 Å². The van der Waals surface area contributed by atoms with Crippen LogP contribution in [0.1, 0.15) is 5.56 Å². The Kier molecular flexibility index (Phi) is 5.03. The molecule has 0 aromatic heterocycles. The molecule has 1 aromatic carbocycles. The summed E-state index contributed by atoms with van der Waals surface area (Å²) < 4.78 is 4.96. The van der Waals surface area contributed by atoms with Crippen LogP contribution in [-0.4, -0.2) is 56.7 Å². The van der Waals surface area contributed by atoms with Gasteiger partial charge in [-0.25, -0.2) is 4.79 Å². The van der Waals surface area contributed by atoms with Crippen molar-refractivity contribution >= 4 is 17.7 Å². The molecule has 6 nitrogen and oxygen atoms in total. The van der Waals surface area contributed by atoms with Gasteiger partial charge in [-0.1, -0.05) is 18.2 Å². The fourth-order valence-electron chi connectivity index (χ4n) is 2.34. The minimum Gasteiger partial charge on any atom is -0.439 e. The molecule has 1 aromatic rings. The van der Waals surface area contributed by atoms with Crippen molar-refractivity contribution in [2.45, 2.75) is 6.92 Å². The molecule has 1 aliphatic heterocycles. The molecule has 2 rings (SSSR count). The maximum atomic E-state index is 11.8. The Morgan fingerprint density at radius 1 is 1.19 bits per heavy atom. The lowest BCUT2D eigenvalue weighted by Gasteiger charge is -2.36. The van der Waals surface area contributed by atoms with Crippen molar-refractivity contribution in [1.82, 2.24) is 10.2 Å². The topological polar surface area (TPSA) is 61.9 Å². The zero-order valence-electron chi connectivity index (χ0n) is 12.5. The van der Waals surface area contributed by atoms with Gasteiger partial charge in [0.1, 0.15) is 0 Å². The van der Waals surface area contributed by atoms with Gasteiger partial charge in [0.25, 0.3) is 5.91 Å². The first-order chi connectivity index (χ1) is 10.1. The summed E-state index contributed by atoms with van der Waals surface area (Å²) in [6, 6.07) is 8.21. The van der Waals surface area contributed by atoms with Gasteiger partial charge >= 0.3 is 6.09 Å². The monoisotopic (exact) mass is 291 g/mol. The number of carbonyl (C=O) groups excluding carboxylic acids is 2. The molecular weight excluding hydrogens is 270 g/mol. The number of aryl methyl sites for hydroxylation is 1. The van der Waals surface area contributed by atoms with E-state index in [1.165, 1.54) is 18.3 Å². The number of hydrogen-bond donors (Lipinski definition) is 1. The van der Waals surface area contributed by atoms with Gasteiger partial charge < -0.3 is 19.9 Å². The molecule has 0 atom stereocenters. The summed E-state index contributed by atoms with van der Waals surface area (Å²) in [5.41, 5.74) is 2.43. The van der Waals surface area contributed by atoms with Crippen molar-refractivity contribution in [3.63, 3.8) is 0 Å². The van der Waals surface area contributed by atoms with E-state index in [9.17, 15) is 9.59 Å². The number of rotatable bonds is 3. The quantitative estimate of drug-likeness (QED) is 0.902. The highest BCUT2D eigenvalue weighted by Crippen LogP contribution is 2.20. The first kappa shape index (κ1) is 15.2. The summed E-state index contributed by atoms with van der Waals surface area (Å²) in [5.74, 6) is -0.304. The Bertz CT molecular complexity index is 511. The number of carbonyl (C=O) groups is 2. The Morgan fingerprint density at radius 3 is 2.48 bits per heavy atom. The van der Waals surface area contributed by atoms with Crippen LogP contribution >= 0.6 is 0 Å². The number of likely N-dealkylation sites (N-methyl/N-ethyl adjacent to an activating group) is 1. The van der Waals surface area contributed by atoms with Gasteiger partial charge in [0.2, 0.25) is 0 Å². The largest absolute Gasteiger partial charge is 0.439 e. The Hall–Kier alpha value is -2.24. The highest BCUT2D eigenvalue weighted by molar-refractivity contribution is 5.79. The average molecular weight is 291 g/mol. The zero-order chi connectivity index (χ0) is 15.2. The number of piperazine rings is 1. The van der Waals surface area contributed by atoms with Crippen molar-refractivity contribution < 1.29 is 14.3 Å². The molecule has 2 amide bonds. The van der Waals surface area contributed by atoms with Crippen LogP contribution in [0.15, 0.2) is 24.3 Å². The number of nitrogens with zero attached hydrogens (tertiary/aromatic N) is 2. The third-order valence-corrected chi connectivity index (χ3v) is 3.60. The van der Waals surface area contributed by atoms with Crippen LogP contribution in [0.2, 0.25) is 0 Å². The van der Waals surface area contributed by atoms with E-state index in [2.05, 4.69) is 29.3 Å². The fraction of sp³-hybridized carbons (Fsp3) is 0.467. The van der Waals surface area contributed by atoms with Crippen molar-refractivity contribution in [3.8, 4) is 0 Å². The van der Waals surface area contributed by atoms with Crippen LogP contribution in [-0.2, 0) is 9.53 Å². The van der Waals surface area contributed by atoms with Crippen molar-refractivity contribution in [3.05, 3.63) is 29.8 Å². The van der Waals surface area contributed by atoms with Crippen LogP contribution < -0.4 is 10.2 Å². The van der Waals surface area contributed by atoms with E-state index >= 15 is 0 Å². The van der Waals surface area contributed by atoms with Crippen molar-refractivity contribution in [2.24, 2.45) is 0 Å². The van der Waals surface area contributed by atoms with Gasteiger partial charge in [-0.3, -0.25) is 4.79 Å². The summed E-state index contributed by atoms with van der Waals surface area (Å²) in [7, 11) is 1.51. The Balaban J connectivity index is 1.84. The first-order valence-corrected chi connectivity index (χ1v) is 7.04. The molecule has 1 aliphatic rings. The molecule has 21 heavy (non-hydrogen) atoms. The summed E-state index contributed by atoms with van der Waals surface area (Å²) in [6.07, 6.45) is -0.428. The molecule has 114 valence electrons. The molecule has 1 fully saturated rings. The van der Waals surface area contributed by atoms with Gasteiger partial charge in [-0.15, -0.1) is 0 Å². The Labute approximate surface area is 124 Å². The van der Waals surface area contributed by atoms with Gasteiger partial charge in [-0.2, -0.15) is 0 Å². The molecule has 0 spiro atoms. The van der Waals surface area contributed by atoms with Crippen LogP contribution in [0.3, 0.4) is 0 Å². The van der Waals surface area contributed by atoms with Crippen LogP contribution in [0.5, 0.6) is 0 Å². The van der Waals surface area contributed by atoms with E-state index in [1.807, 2.05) is 12.1 Å². The van der Waals surface area contributed by atoms with Crippen LogP contribution in [0.25, 0.3) is 0 Å². The minimum absolute atomic E-state index is 0.229. The van der Waals surface area contributed by atoms with E-state index in [-0.39, 0.29) is 12.5 Å². The highest BCUT2D eigenvalue weighted by atomic mass is 16.6. The molecule has 1 heterocycles. The molecule has 0 bridgehead atoms. The molecule has 0 saturated carbocycles. The third-order valence-electron chi connectivity index (χ3n) is 3.60. The van der Waals surface area contributed by atoms with E-state index in [4.69, 9.17) is 4.74 Å². The van der Waals surface area contributed by atoms with E-state index in [0.717, 1.165) is 13.1 Å². The summed E-state index contributed by atoms with van der Waals surface area (Å²) in [6.45, 7) is 4.58. The van der Waals surface area contributed by atoms with Crippen molar-refractivity contribution in [1.29, 1.82) is 0 Å². The molecule has 1 N–H and O–H groups in total. The van der Waals surface area contributed by atoms with E-state index in [0.29, 0.717) is 13.1 Å². The lowest BCUT2D eigenvalue weighted by Crippen LogP contribution is -2.49. The second kappa shape index (κ2) is 6.97. The minimum atomic E-state index is -0.428. The molecule has 0 radical (unpaired) electrons. The average Bonchev–Trinajstić information content (AvgIpc) is 2.53. The molecule has 0 aliphatic carbocycles. The fourth-order valence-corrected chi connectivity index (χ4v) is 2.34. The van der Waals surface area contributed by atoms with Crippen molar-refractivity contribution in [2.75, 3.05) is 44.7 Å². The highest BCUT2D eigenvalue weighted by Gasteiger charge is 2.23. The number of nitrogens with one attached hydrogen (secondary N) is 1. The number of amides is 2. The first-order valence-electron chi connectivity index (χ1n) is 7.04. The maximum absolute atomic E-state index is 11.8. The van der Waals surface area contributed by atoms with Crippen LogP contribution in [0.4, 0.5) is 10.5 Å². The second-order valence-corrected chi connectivity index (χ2v) is 4.99. The normalized spacial score (nSPS) is 14.8. The van der Waals surface area contributed by atoms with E-state index < -0.39 is 6.09 Å².